The molecule has 0 aromatic carbocycles. The number of aliphatic hydroxyl groups excluding tert-OH is 1. The van der Waals surface area contributed by atoms with E-state index >= 15 is 0 Å². The third-order valence-electron chi connectivity index (χ3n) is 1.88. The maximum absolute atomic E-state index is 11.4. The van der Waals surface area contributed by atoms with Crippen LogP contribution >= 0.6 is 11.8 Å². The van der Waals surface area contributed by atoms with E-state index in [1.165, 1.54) is 17.8 Å². The normalized spacial score (nSPS) is 11.8. The van der Waals surface area contributed by atoms with Crippen LogP contribution in [0.5, 0.6) is 0 Å². The Morgan fingerprint density at radius 3 is 2.95 bits per heavy atom. The van der Waals surface area contributed by atoms with Gasteiger partial charge >= 0.3 is 5.97 Å². The van der Waals surface area contributed by atoms with Crippen LogP contribution in [-0.2, 0) is 9.53 Å². The highest BCUT2D eigenvalue weighted by Crippen LogP contribution is 2.17. The van der Waals surface area contributed by atoms with Gasteiger partial charge in [-0.15, -0.1) is 0 Å². The monoisotopic (exact) mass is 282 g/mol. The van der Waals surface area contributed by atoms with Crippen LogP contribution in [0, 0.1) is 0 Å². The Labute approximate surface area is 114 Å². The zero-order valence-electron chi connectivity index (χ0n) is 10.5. The van der Waals surface area contributed by atoms with Gasteiger partial charge in [0.05, 0.1) is 12.9 Å². The minimum absolute atomic E-state index is 0.0789. The van der Waals surface area contributed by atoms with Crippen LogP contribution in [0.2, 0.25) is 0 Å². The molecule has 0 radical (unpaired) electrons. The van der Waals surface area contributed by atoms with E-state index in [-0.39, 0.29) is 18.0 Å². The summed E-state index contributed by atoms with van der Waals surface area (Å²) in [5.41, 5.74) is 5.51. The van der Waals surface area contributed by atoms with Crippen molar-refractivity contribution in [2.75, 3.05) is 18.6 Å². The van der Waals surface area contributed by atoms with E-state index in [0.717, 1.165) is 6.21 Å². The van der Waals surface area contributed by atoms with Crippen molar-refractivity contribution in [1.82, 2.24) is 9.97 Å². The van der Waals surface area contributed by atoms with Crippen molar-refractivity contribution in [2.24, 2.45) is 4.99 Å². The molecule has 1 aromatic rings. The van der Waals surface area contributed by atoms with Gasteiger partial charge < -0.3 is 15.6 Å². The average Bonchev–Trinajstić information content (AvgIpc) is 2.39. The molecule has 0 aliphatic carbocycles. The molecule has 0 saturated carbocycles. The molecular weight excluding hydrogens is 268 g/mol. The number of nitrogens with zero attached hydrogens (tertiary/aromatic N) is 3. The lowest BCUT2D eigenvalue weighted by Gasteiger charge is -2.01. The fourth-order valence-corrected chi connectivity index (χ4v) is 1.46. The largest absolute Gasteiger partial charge is 0.515 e. The zero-order chi connectivity index (χ0) is 14.3. The molecule has 1 aromatic heterocycles. The predicted molar refractivity (Wildman–Crippen MR) is 73.7 cm³/mol. The SMILES string of the molecule is CCOC(=O)C(C=Nc1cc(N)nc(SC)n1)=CO. The predicted octanol–water partition coefficient (Wildman–Crippen LogP) is 1.49. The number of aliphatic imine (C=N–C) groups is 1. The zero-order valence-corrected chi connectivity index (χ0v) is 11.3. The summed E-state index contributed by atoms with van der Waals surface area (Å²) in [6, 6.07) is 1.45. The van der Waals surface area contributed by atoms with E-state index in [1.807, 2.05) is 0 Å². The number of hydrogen-bond acceptors (Lipinski definition) is 8. The molecule has 1 rings (SSSR count). The van der Waals surface area contributed by atoms with Gasteiger partial charge in [-0.3, -0.25) is 0 Å². The smallest absolute Gasteiger partial charge is 0.342 e. The quantitative estimate of drug-likeness (QED) is 0.210. The number of aromatic nitrogens is 2. The number of nitrogens with two attached hydrogens (primary N) is 1. The maximum atomic E-state index is 11.4. The molecule has 0 atom stereocenters. The fourth-order valence-electron chi connectivity index (χ4n) is 1.08. The lowest BCUT2D eigenvalue weighted by molar-refractivity contribution is -0.137. The first kappa shape index (κ1) is 15.0. The Bertz CT molecular complexity index is 517. The van der Waals surface area contributed by atoms with Crippen molar-refractivity contribution in [3.8, 4) is 0 Å². The van der Waals surface area contributed by atoms with Crippen molar-refractivity contribution in [1.29, 1.82) is 0 Å². The second-order valence-corrected chi connectivity index (χ2v) is 3.97. The molecule has 0 fully saturated rings. The van der Waals surface area contributed by atoms with Crippen molar-refractivity contribution < 1.29 is 14.6 Å². The molecule has 0 unspecified atom stereocenters. The Balaban J connectivity index is 2.91. The highest BCUT2D eigenvalue weighted by atomic mass is 32.2. The Morgan fingerprint density at radius 1 is 1.63 bits per heavy atom. The van der Waals surface area contributed by atoms with E-state index in [9.17, 15) is 4.79 Å². The number of aliphatic hydroxyl groups is 1. The number of rotatable bonds is 5. The van der Waals surface area contributed by atoms with Crippen LogP contribution in [0.1, 0.15) is 6.92 Å². The number of carbonyl (C=O) groups is 1. The summed E-state index contributed by atoms with van der Waals surface area (Å²) in [5.74, 6) is -0.0986. The molecule has 0 aliphatic heterocycles. The molecule has 3 N–H and O–H groups in total. The van der Waals surface area contributed by atoms with Crippen molar-refractivity contribution in [3.05, 3.63) is 17.9 Å². The number of anilines is 1. The van der Waals surface area contributed by atoms with Crippen molar-refractivity contribution in [2.45, 2.75) is 12.1 Å². The number of esters is 1. The number of thioether (sulfide) groups is 1. The summed E-state index contributed by atoms with van der Waals surface area (Å²) in [4.78, 5) is 23.4. The molecule has 0 saturated heterocycles. The first-order chi connectivity index (χ1) is 9.10. The van der Waals surface area contributed by atoms with E-state index in [0.29, 0.717) is 17.2 Å². The van der Waals surface area contributed by atoms with Gasteiger partial charge in [-0.25, -0.2) is 19.8 Å². The molecule has 8 heteroatoms. The van der Waals surface area contributed by atoms with Gasteiger partial charge in [0, 0.05) is 12.3 Å². The van der Waals surface area contributed by atoms with Gasteiger partial charge in [-0.1, -0.05) is 11.8 Å². The van der Waals surface area contributed by atoms with E-state index < -0.39 is 5.97 Å². The van der Waals surface area contributed by atoms with Gasteiger partial charge in [0.1, 0.15) is 11.4 Å². The molecule has 0 amide bonds. The number of carbonyl (C=O) groups excluding carboxylic acids is 1. The Kier molecular flexibility index (Phi) is 5.80. The molecule has 19 heavy (non-hydrogen) atoms. The van der Waals surface area contributed by atoms with Crippen LogP contribution in [-0.4, -0.2) is 40.1 Å². The van der Waals surface area contributed by atoms with Gasteiger partial charge in [0.25, 0.3) is 0 Å². The van der Waals surface area contributed by atoms with Gasteiger partial charge in [0.15, 0.2) is 11.0 Å². The maximum Gasteiger partial charge on any atom is 0.342 e. The minimum atomic E-state index is -0.666. The molecule has 1 heterocycles. The Hall–Kier alpha value is -2.09. The fraction of sp³-hybridized carbons (Fsp3) is 0.273. The highest BCUT2D eigenvalue weighted by Gasteiger charge is 2.08. The summed E-state index contributed by atoms with van der Waals surface area (Å²) < 4.78 is 4.73. The van der Waals surface area contributed by atoms with Gasteiger partial charge in [0.2, 0.25) is 0 Å². The summed E-state index contributed by atoms with van der Waals surface area (Å²) in [5, 5.41) is 9.41. The summed E-state index contributed by atoms with van der Waals surface area (Å²) in [7, 11) is 0. The van der Waals surface area contributed by atoms with E-state index in [4.69, 9.17) is 15.6 Å². The van der Waals surface area contributed by atoms with Crippen molar-refractivity contribution >= 4 is 35.6 Å². The molecule has 0 bridgehead atoms. The van der Waals surface area contributed by atoms with Crippen LogP contribution < -0.4 is 5.73 Å². The highest BCUT2D eigenvalue weighted by molar-refractivity contribution is 7.98. The van der Waals surface area contributed by atoms with E-state index in [2.05, 4.69) is 15.0 Å². The summed E-state index contributed by atoms with van der Waals surface area (Å²) in [6.07, 6.45) is 3.59. The number of hydrogen-bond donors (Lipinski definition) is 2. The van der Waals surface area contributed by atoms with E-state index in [1.54, 1.807) is 13.2 Å². The van der Waals surface area contributed by atoms with Crippen molar-refractivity contribution in [3.63, 3.8) is 0 Å². The summed E-state index contributed by atoms with van der Waals surface area (Å²) >= 11 is 1.32. The van der Waals surface area contributed by atoms with Gasteiger partial charge in [-0.2, -0.15) is 0 Å². The van der Waals surface area contributed by atoms with Crippen LogP contribution in [0.15, 0.2) is 28.1 Å². The third-order valence-corrected chi connectivity index (χ3v) is 2.43. The first-order valence-electron chi connectivity index (χ1n) is 5.34. The van der Waals surface area contributed by atoms with Crippen LogP contribution in [0.25, 0.3) is 0 Å². The van der Waals surface area contributed by atoms with Crippen LogP contribution in [0.3, 0.4) is 0 Å². The molecule has 102 valence electrons. The second kappa shape index (κ2) is 7.37. The topological polar surface area (TPSA) is 111 Å². The summed E-state index contributed by atoms with van der Waals surface area (Å²) in [6.45, 7) is 1.88. The second-order valence-electron chi connectivity index (χ2n) is 3.20. The first-order valence-corrected chi connectivity index (χ1v) is 6.57. The molecule has 0 spiro atoms. The standard InChI is InChI=1S/C11H14N4O3S/c1-3-18-10(17)7(6-16)5-13-9-4-8(12)14-11(15-9)19-2/h4-6,16H,3H2,1-2H3,(H2,12,14,15). The van der Waals surface area contributed by atoms with Crippen LogP contribution in [0.4, 0.5) is 11.6 Å². The lowest BCUT2D eigenvalue weighted by Crippen LogP contribution is -2.08. The average molecular weight is 282 g/mol. The van der Waals surface area contributed by atoms with Gasteiger partial charge in [-0.05, 0) is 13.2 Å². The third kappa shape index (κ3) is 4.59. The molecule has 7 nitrogen and oxygen atoms in total. The minimum Gasteiger partial charge on any atom is -0.515 e. The number of nitrogen functional groups attached to an aromatic ring is 1. The Morgan fingerprint density at radius 2 is 2.37 bits per heavy atom. The molecular formula is C11H14N4O3S. The number of ether oxygens (including phenoxy) is 1. The lowest BCUT2D eigenvalue weighted by atomic mass is 10.3. The molecule has 0 aliphatic rings.